The van der Waals surface area contributed by atoms with Crippen molar-refractivity contribution in [3.63, 3.8) is 0 Å². The maximum Gasteiger partial charge on any atom is 0.229 e. The van der Waals surface area contributed by atoms with Crippen molar-refractivity contribution in [1.29, 1.82) is 0 Å². The van der Waals surface area contributed by atoms with Crippen molar-refractivity contribution >= 4 is 11.0 Å². The van der Waals surface area contributed by atoms with E-state index in [0.717, 1.165) is 0 Å². The number of methoxy groups -OCH3 is 1. The molecule has 1 fully saturated rings. The van der Waals surface area contributed by atoms with E-state index in [1.165, 1.54) is 19.2 Å². The third-order valence-corrected chi connectivity index (χ3v) is 5.27. The first kappa shape index (κ1) is 22.1. The van der Waals surface area contributed by atoms with Gasteiger partial charge in [0.05, 0.1) is 13.7 Å². The normalized spacial score (nSPS) is 25.6. The first-order valence-electron chi connectivity index (χ1n) is 9.76. The molecule has 0 spiro atoms. The Bertz CT molecular complexity index is 1160. The van der Waals surface area contributed by atoms with Crippen LogP contribution in [-0.2, 0) is 4.74 Å². The zero-order chi connectivity index (χ0) is 23.0. The molecule has 170 valence electrons. The number of ether oxygens (including phenoxy) is 3. The van der Waals surface area contributed by atoms with Gasteiger partial charge in [0.25, 0.3) is 0 Å². The summed E-state index contributed by atoms with van der Waals surface area (Å²) in [5.41, 5.74) is 0.141. The van der Waals surface area contributed by atoms with Gasteiger partial charge in [-0.2, -0.15) is 0 Å². The Morgan fingerprint density at radius 2 is 1.75 bits per heavy atom. The summed E-state index contributed by atoms with van der Waals surface area (Å²) in [4.78, 5) is 12.8. The number of hydrogen-bond acceptors (Lipinski definition) is 10. The van der Waals surface area contributed by atoms with E-state index in [9.17, 15) is 30.3 Å². The molecule has 1 aromatic heterocycles. The fourth-order valence-electron chi connectivity index (χ4n) is 3.55. The van der Waals surface area contributed by atoms with Crippen LogP contribution in [0.1, 0.15) is 0 Å². The molecule has 0 saturated carbocycles. The van der Waals surface area contributed by atoms with Gasteiger partial charge in [-0.15, -0.1) is 0 Å². The van der Waals surface area contributed by atoms with E-state index in [1.54, 1.807) is 24.3 Å². The van der Waals surface area contributed by atoms with Gasteiger partial charge in [-0.1, -0.05) is 30.3 Å². The minimum atomic E-state index is -1.72. The lowest BCUT2D eigenvalue weighted by Gasteiger charge is -2.39. The first-order valence-corrected chi connectivity index (χ1v) is 9.76. The van der Waals surface area contributed by atoms with Crippen LogP contribution >= 0.6 is 0 Å². The molecule has 0 radical (unpaired) electrons. The minimum absolute atomic E-state index is 0.0341. The number of phenolic OH excluding ortho intramolecular Hbond substituents is 1. The molecule has 32 heavy (non-hydrogen) atoms. The van der Waals surface area contributed by atoms with Crippen molar-refractivity contribution in [3.05, 3.63) is 52.7 Å². The third-order valence-electron chi connectivity index (χ3n) is 5.27. The van der Waals surface area contributed by atoms with E-state index < -0.39 is 48.5 Å². The largest absolute Gasteiger partial charge is 0.504 e. The summed E-state index contributed by atoms with van der Waals surface area (Å²) in [5.74, 6) is -0.721. The van der Waals surface area contributed by atoms with Gasteiger partial charge in [-0.05, 0) is 0 Å². The summed E-state index contributed by atoms with van der Waals surface area (Å²) in [6.45, 7) is -0.655. The van der Waals surface area contributed by atoms with Crippen molar-refractivity contribution in [3.8, 4) is 28.6 Å². The molecule has 5 N–H and O–H groups in total. The monoisotopic (exact) mass is 446 g/mol. The summed E-state index contributed by atoms with van der Waals surface area (Å²) in [6, 6.07) is 11.5. The van der Waals surface area contributed by atoms with Crippen molar-refractivity contribution in [2.24, 2.45) is 0 Å². The Morgan fingerprint density at radius 1 is 1.03 bits per heavy atom. The molecule has 0 amide bonds. The minimum Gasteiger partial charge on any atom is -0.504 e. The predicted molar refractivity (Wildman–Crippen MR) is 111 cm³/mol. The number of aromatic hydroxyl groups is 1. The fourth-order valence-corrected chi connectivity index (χ4v) is 3.55. The molecule has 1 saturated heterocycles. The van der Waals surface area contributed by atoms with Crippen molar-refractivity contribution in [2.45, 2.75) is 30.7 Å². The van der Waals surface area contributed by atoms with Gasteiger partial charge in [0.2, 0.25) is 12.0 Å². The Kier molecular flexibility index (Phi) is 6.04. The Morgan fingerprint density at radius 3 is 2.41 bits per heavy atom. The highest BCUT2D eigenvalue weighted by atomic mass is 16.7. The average molecular weight is 446 g/mol. The van der Waals surface area contributed by atoms with Gasteiger partial charge in [-0.25, -0.2) is 0 Å². The van der Waals surface area contributed by atoms with Crippen LogP contribution in [0.3, 0.4) is 0 Å². The summed E-state index contributed by atoms with van der Waals surface area (Å²) < 4.78 is 21.9. The molecular formula is C22H22O10. The van der Waals surface area contributed by atoms with Gasteiger partial charge < -0.3 is 44.2 Å². The summed E-state index contributed by atoms with van der Waals surface area (Å²) >= 11 is 0. The molecule has 1 aliphatic heterocycles. The predicted octanol–water partition coefficient (Wildman–Crippen LogP) is 0.353. The lowest BCUT2D eigenvalue weighted by atomic mass is 9.99. The molecular weight excluding hydrogens is 424 g/mol. The van der Waals surface area contributed by atoms with Gasteiger partial charge in [0, 0.05) is 17.7 Å². The smallest absolute Gasteiger partial charge is 0.229 e. The lowest BCUT2D eigenvalue weighted by molar-refractivity contribution is -0.277. The van der Waals surface area contributed by atoms with Crippen molar-refractivity contribution in [1.82, 2.24) is 0 Å². The van der Waals surface area contributed by atoms with Gasteiger partial charge in [0.1, 0.15) is 41.1 Å². The number of rotatable bonds is 5. The van der Waals surface area contributed by atoms with Crippen LogP contribution in [0.15, 0.2) is 51.7 Å². The molecule has 0 aliphatic carbocycles. The molecule has 3 aromatic rings. The van der Waals surface area contributed by atoms with E-state index in [4.69, 9.17) is 18.6 Å². The standard InChI is InChI=1S/C22H22O10/c1-29-14-8-13-16(11(24)7-12(30-13)10-5-3-2-4-6-10)18(26)21(14)32-22-20(28)19(27)17(25)15(9-23)31-22/h2-8,15,17,19-20,22-23,25-28H,9H2,1H3/t15-,17-,19+,20-,22+/m1/s1. The number of hydrogen-bond donors (Lipinski definition) is 5. The molecule has 5 atom stereocenters. The summed E-state index contributed by atoms with van der Waals surface area (Å²) in [5, 5.41) is 50.1. The maximum absolute atomic E-state index is 12.8. The van der Waals surface area contributed by atoms with Crippen LogP contribution < -0.4 is 14.9 Å². The van der Waals surface area contributed by atoms with Crippen LogP contribution in [0.5, 0.6) is 17.2 Å². The van der Waals surface area contributed by atoms with E-state index in [-0.39, 0.29) is 28.2 Å². The number of aliphatic hydroxyl groups excluding tert-OH is 4. The average Bonchev–Trinajstić information content (AvgIpc) is 2.80. The quantitative estimate of drug-likeness (QED) is 0.370. The molecule has 2 aromatic carbocycles. The molecule has 10 nitrogen and oxygen atoms in total. The van der Waals surface area contributed by atoms with Crippen LogP contribution in [0.4, 0.5) is 0 Å². The Hall–Kier alpha value is -3.15. The van der Waals surface area contributed by atoms with Gasteiger partial charge >= 0.3 is 0 Å². The van der Waals surface area contributed by atoms with E-state index in [2.05, 4.69) is 0 Å². The molecule has 10 heteroatoms. The van der Waals surface area contributed by atoms with Crippen LogP contribution in [-0.4, -0.2) is 70.0 Å². The second-order valence-corrected chi connectivity index (χ2v) is 7.29. The Balaban J connectivity index is 1.78. The zero-order valence-electron chi connectivity index (χ0n) is 16.9. The zero-order valence-corrected chi connectivity index (χ0v) is 16.9. The summed E-state index contributed by atoms with van der Waals surface area (Å²) in [6.07, 6.45) is -7.78. The van der Waals surface area contributed by atoms with Crippen molar-refractivity contribution < 1.29 is 44.2 Å². The fraction of sp³-hybridized carbons (Fsp3) is 0.318. The topological polar surface area (TPSA) is 159 Å². The highest BCUT2D eigenvalue weighted by molar-refractivity contribution is 5.89. The number of aliphatic hydroxyl groups is 4. The highest BCUT2D eigenvalue weighted by Gasteiger charge is 2.45. The van der Waals surface area contributed by atoms with Gasteiger partial charge in [-0.3, -0.25) is 4.79 Å². The number of fused-ring (bicyclic) bond motifs is 1. The lowest BCUT2D eigenvalue weighted by Crippen LogP contribution is -2.60. The van der Waals surface area contributed by atoms with Gasteiger partial charge in [0.15, 0.2) is 16.9 Å². The van der Waals surface area contributed by atoms with Crippen LogP contribution in [0.2, 0.25) is 0 Å². The molecule has 1 aliphatic rings. The molecule has 4 rings (SSSR count). The number of benzene rings is 2. The Labute approximate surface area is 181 Å². The third kappa shape index (κ3) is 3.78. The first-order chi connectivity index (χ1) is 15.3. The summed E-state index contributed by atoms with van der Waals surface area (Å²) in [7, 11) is 1.29. The molecule has 0 unspecified atom stereocenters. The van der Waals surface area contributed by atoms with E-state index in [0.29, 0.717) is 5.56 Å². The second-order valence-electron chi connectivity index (χ2n) is 7.29. The van der Waals surface area contributed by atoms with E-state index >= 15 is 0 Å². The SMILES string of the molecule is COc1cc2oc(-c3ccccc3)cc(=O)c2c(O)c1O[C@@H]1O[C@H](CO)[C@@H](O)[C@H](O)[C@H]1O. The second kappa shape index (κ2) is 8.77. The van der Waals surface area contributed by atoms with Crippen LogP contribution in [0, 0.1) is 0 Å². The molecule has 0 bridgehead atoms. The van der Waals surface area contributed by atoms with E-state index in [1.807, 2.05) is 6.07 Å². The number of phenols is 1. The van der Waals surface area contributed by atoms with Crippen molar-refractivity contribution in [2.75, 3.05) is 13.7 Å². The maximum atomic E-state index is 12.8. The highest BCUT2D eigenvalue weighted by Crippen LogP contribution is 2.43. The van der Waals surface area contributed by atoms with Crippen LogP contribution in [0.25, 0.3) is 22.3 Å². The molecule has 2 heterocycles.